The molecule has 1 fully saturated rings. The summed E-state index contributed by atoms with van der Waals surface area (Å²) in [5.41, 5.74) is 2.38. The Morgan fingerprint density at radius 3 is 2.61 bits per heavy atom. The Morgan fingerprint density at radius 2 is 1.87 bits per heavy atom. The van der Waals surface area contributed by atoms with Gasteiger partial charge >= 0.3 is 0 Å². The molecule has 2 aromatic rings. The van der Waals surface area contributed by atoms with Crippen molar-refractivity contribution in [2.24, 2.45) is 0 Å². The van der Waals surface area contributed by atoms with Crippen LogP contribution in [-0.2, 0) is 27.8 Å². The van der Waals surface area contributed by atoms with E-state index in [1.807, 2.05) is 18.2 Å². The first kappa shape index (κ1) is 22.3. The molecule has 4 rings (SSSR count). The van der Waals surface area contributed by atoms with E-state index >= 15 is 0 Å². The van der Waals surface area contributed by atoms with Gasteiger partial charge in [-0.3, -0.25) is 4.79 Å². The topological polar surface area (TPSA) is 69.7 Å². The van der Waals surface area contributed by atoms with Crippen molar-refractivity contribution in [3.8, 4) is 0 Å². The molecule has 2 aromatic carbocycles. The highest BCUT2D eigenvalue weighted by atomic mass is 35.5. The predicted molar refractivity (Wildman–Crippen MR) is 123 cm³/mol. The molecular formula is C23H28ClN3O3S. The van der Waals surface area contributed by atoms with Crippen LogP contribution < -0.4 is 5.32 Å². The third-order valence-corrected chi connectivity index (χ3v) is 8.45. The quantitative estimate of drug-likeness (QED) is 0.733. The third kappa shape index (κ3) is 4.95. The summed E-state index contributed by atoms with van der Waals surface area (Å²) in [6.45, 7) is 1.95. The molecule has 31 heavy (non-hydrogen) atoms. The predicted octanol–water partition coefficient (Wildman–Crippen LogP) is 3.90. The van der Waals surface area contributed by atoms with E-state index < -0.39 is 10.0 Å². The number of carbonyl (C=O) groups excluding carboxylic acids is 1. The second kappa shape index (κ2) is 9.28. The number of aryl methyl sites for hydroxylation is 1. The first-order valence-corrected chi connectivity index (χ1v) is 12.5. The molecule has 0 bridgehead atoms. The fraction of sp³-hybridized carbons (Fsp3) is 0.435. The summed E-state index contributed by atoms with van der Waals surface area (Å²) in [5.74, 6) is -0.0268. The third-order valence-electron chi connectivity index (χ3n) is 6.19. The lowest BCUT2D eigenvalue weighted by Crippen LogP contribution is -2.46. The number of benzene rings is 2. The summed E-state index contributed by atoms with van der Waals surface area (Å²) < 4.78 is 29.3. The van der Waals surface area contributed by atoms with Crippen molar-refractivity contribution in [3.05, 3.63) is 58.6 Å². The molecule has 8 heteroatoms. The van der Waals surface area contributed by atoms with Crippen molar-refractivity contribution in [1.29, 1.82) is 0 Å². The minimum absolute atomic E-state index is 0.0268. The van der Waals surface area contributed by atoms with Crippen molar-refractivity contribution >= 4 is 33.2 Å². The maximum absolute atomic E-state index is 13.8. The van der Waals surface area contributed by atoms with E-state index in [4.69, 9.17) is 11.6 Å². The Kier molecular flexibility index (Phi) is 6.67. The second-order valence-corrected chi connectivity index (χ2v) is 10.7. The number of likely N-dealkylation sites (tertiary alicyclic amines) is 1. The number of fused-ring (bicyclic) bond motifs is 1. The Labute approximate surface area is 189 Å². The van der Waals surface area contributed by atoms with Crippen LogP contribution >= 0.6 is 11.6 Å². The van der Waals surface area contributed by atoms with E-state index in [0.29, 0.717) is 30.0 Å². The first-order valence-electron chi connectivity index (χ1n) is 10.7. The summed E-state index contributed by atoms with van der Waals surface area (Å²) in [6, 6.07) is 12.4. The SMILES string of the molecule is CN1CCC(N(Cc2ccccc2Cl)S(=O)(=O)c2ccc3c(c2)CCCC(=O)N3)CC1. The summed E-state index contributed by atoms with van der Waals surface area (Å²) in [5, 5.41) is 3.45. The van der Waals surface area contributed by atoms with Crippen LogP contribution in [0.1, 0.15) is 36.8 Å². The van der Waals surface area contributed by atoms with Crippen LogP contribution in [-0.4, -0.2) is 49.7 Å². The van der Waals surface area contributed by atoms with Gasteiger partial charge < -0.3 is 10.2 Å². The maximum atomic E-state index is 13.8. The number of piperidine rings is 1. The van der Waals surface area contributed by atoms with E-state index in [1.165, 1.54) is 0 Å². The van der Waals surface area contributed by atoms with Gasteiger partial charge in [0.1, 0.15) is 0 Å². The van der Waals surface area contributed by atoms with Crippen LogP contribution in [0.25, 0.3) is 0 Å². The van der Waals surface area contributed by atoms with Crippen LogP contribution in [0, 0.1) is 0 Å². The second-order valence-electron chi connectivity index (χ2n) is 8.40. The molecule has 2 aliphatic rings. The van der Waals surface area contributed by atoms with Gasteiger partial charge in [0.15, 0.2) is 0 Å². The van der Waals surface area contributed by atoms with E-state index in [-0.39, 0.29) is 23.4 Å². The van der Waals surface area contributed by atoms with E-state index in [0.717, 1.165) is 37.1 Å². The fourth-order valence-electron chi connectivity index (χ4n) is 4.33. The van der Waals surface area contributed by atoms with Crippen LogP contribution in [0.2, 0.25) is 5.02 Å². The van der Waals surface area contributed by atoms with Crippen molar-refractivity contribution in [3.63, 3.8) is 0 Å². The van der Waals surface area contributed by atoms with Crippen LogP contribution in [0.5, 0.6) is 0 Å². The molecular weight excluding hydrogens is 434 g/mol. The number of carbonyl (C=O) groups is 1. The summed E-state index contributed by atoms with van der Waals surface area (Å²) in [7, 11) is -1.69. The Morgan fingerprint density at radius 1 is 1.13 bits per heavy atom. The minimum Gasteiger partial charge on any atom is -0.326 e. The summed E-state index contributed by atoms with van der Waals surface area (Å²) in [6.07, 6.45) is 3.39. The summed E-state index contributed by atoms with van der Waals surface area (Å²) >= 11 is 6.38. The zero-order valence-corrected chi connectivity index (χ0v) is 19.3. The number of amides is 1. The molecule has 0 atom stereocenters. The zero-order chi connectivity index (χ0) is 22.0. The Hall–Kier alpha value is -1.93. The molecule has 6 nitrogen and oxygen atoms in total. The monoisotopic (exact) mass is 461 g/mol. The molecule has 1 amide bonds. The fourth-order valence-corrected chi connectivity index (χ4v) is 6.24. The molecule has 0 radical (unpaired) electrons. The summed E-state index contributed by atoms with van der Waals surface area (Å²) in [4.78, 5) is 14.3. The van der Waals surface area contributed by atoms with Gasteiger partial charge in [-0.25, -0.2) is 8.42 Å². The number of nitrogens with zero attached hydrogens (tertiary/aromatic N) is 2. The molecule has 0 saturated carbocycles. The van der Waals surface area contributed by atoms with Crippen molar-refractivity contribution in [2.45, 2.75) is 49.6 Å². The highest BCUT2D eigenvalue weighted by Gasteiger charge is 2.34. The molecule has 0 aliphatic carbocycles. The average molecular weight is 462 g/mol. The number of nitrogens with one attached hydrogen (secondary N) is 1. The molecule has 0 aromatic heterocycles. The van der Waals surface area contributed by atoms with Gasteiger partial charge in [-0.1, -0.05) is 29.8 Å². The number of halogens is 1. The van der Waals surface area contributed by atoms with Crippen molar-refractivity contribution in [1.82, 2.24) is 9.21 Å². The lowest BCUT2D eigenvalue weighted by atomic mass is 10.1. The number of hydrogen-bond acceptors (Lipinski definition) is 4. The smallest absolute Gasteiger partial charge is 0.243 e. The first-order chi connectivity index (χ1) is 14.8. The highest BCUT2D eigenvalue weighted by molar-refractivity contribution is 7.89. The minimum atomic E-state index is -3.75. The average Bonchev–Trinajstić information content (AvgIpc) is 2.93. The largest absolute Gasteiger partial charge is 0.326 e. The molecule has 0 unspecified atom stereocenters. The molecule has 0 spiro atoms. The van der Waals surface area contributed by atoms with Gasteiger partial charge in [0.2, 0.25) is 15.9 Å². The van der Waals surface area contributed by atoms with Crippen molar-refractivity contribution < 1.29 is 13.2 Å². The molecule has 166 valence electrons. The van der Waals surface area contributed by atoms with E-state index in [1.54, 1.807) is 28.6 Å². The van der Waals surface area contributed by atoms with Gasteiger partial charge in [-0.15, -0.1) is 0 Å². The highest BCUT2D eigenvalue weighted by Crippen LogP contribution is 2.31. The number of anilines is 1. The molecule has 1 N–H and O–H groups in total. The normalized spacial score (nSPS) is 18.5. The van der Waals surface area contributed by atoms with Gasteiger partial charge in [-0.2, -0.15) is 4.31 Å². The maximum Gasteiger partial charge on any atom is 0.243 e. The number of hydrogen-bond donors (Lipinski definition) is 1. The molecule has 1 saturated heterocycles. The molecule has 2 aliphatic heterocycles. The number of sulfonamides is 1. The van der Waals surface area contributed by atoms with Crippen LogP contribution in [0.4, 0.5) is 5.69 Å². The standard InChI is InChI=1S/C23H28ClN3O3S/c1-26-13-11-19(12-14-26)27(16-18-5-2-3-7-21(18)24)31(29,30)20-9-10-22-17(15-20)6-4-8-23(28)25-22/h2-3,5,7,9-10,15,19H,4,6,8,11-14,16H2,1H3,(H,25,28). The van der Waals surface area contributed by atoms with Gasteiger partial charge in [-0.05, 0) is 81.2 Å². The Balaban J connectivity index is 1.70. The van der Waals surface area contributed by atoms with Gasteiger partial charge in [0, 0.05) is 29.7 Å². The lowest BCUT2D eigenvalue weighted by Gasteiger charge is -2.36. The zero-order valence-electron chi connectivity index (χ0n) is 17.7. The van der Waals surface area contributed by atoms with Crippen molar-refractivity contribution in [2.75, 3.05) is 25.5 Å². The van der Waals surface area contributed by atoms with Gasteiger partial charge in [0.05, 0.1) is 4.90 Å². The number of rotatable bonds is 5. The van der Waals surface area contributed by atoms with Gasteiger partial charge in [0.25, 0.3) is 0 Å². The van der Waals surface area contributed by atoms with E-state index in [9.17, 15) is 13.2 Å². The van der Waals surface area contributed by atoms with Crippen LogP contribution in [0.3, 0.4) is 0 Å². The molecule has 2 heterocycles. The lowest BCUT2D eigenvalue weighted by molar-refractivity contribution is -0.116. The van der Waals surface area contributed by atoms with Crippen LogP contribution in [0.15, 0.2) is 47.4 Å². The Bertz CT molecular complexity index is 1070. The van der Waals surface area contributed by atoms with E-state index in [2.05, 4.69) is 17.3 Å².